The van der Waals surface area contributed by atoms with Crippen LogP contribution in [-0.4, -0.2) is 22.1 Å². The van der Waals surface area contributed by atoms with Crippen molar-refractivity contribution in [1.82, 2.24) is 4.98 Å². The highest BCUT2D eigenvalue weighted by atomic mass is 19.4. The lowest BCUT2D eigenvalue weighted by Gasteiger charge is -2.09. The van der Waals surface area contributed by atoms with E-state index in [1.54, 1.807) is 0 Å². The summed E-state index contributed by atoms with van der Waals surface area (Å²) in [5.74, 6) is -1.27. The molecule has 1 rings (SSSR count). The summed E-state index contributed by atoms with van der Waals surface area (Å²) in [5.41, 5.74) is 4.43. The summed E-state index contributed by atoms with van der Waals surface area (Å²) < 4.78 is 36.8. The van der Waals surface area contributed by atoms with Crippen LogP contribution in [0.5, 0.6) is 0 Å². The van der Waals surface area contributed by atoms with Gasteiger partial charge in [0.05, 0.1) is 5.56 Å². The first-order valence-corrected chi connectivity index (χ1v) is 4.30. The van der Waals surface area contributed by atoms with Crippen LogP contribution in [0.3, 0.4) is 0 Å². The number of nitrogens with zero attached hydrogens (tertiary/aromatic N) is 1. The Kier molecular flexibility index (Phi) is 3.48. The smallest absolute Gasteiger partial charge is 0.417 e. The molecule has 4 nitrogen and oxygen atoms in total. The van der Waals surface area contributed by atoms with Crippen LogP contribution in [0.4, 0.5) is 13.2 Å². The molecule has 16 heavy (non-hydrogen) atoms. The quantitative estimate of drug-likeness (QED) is 0.819. The van der Waals surface area contributed by atoms with Gasteiger partial charge in [-0.05, 0) is 18.1 Å². The lowest BCUT2D eigenvalue weighted by atomic mass is 10.1. The van der Waals surface area contributed by atoms with Crippen LogP contribution in [0, 0.1) is 0 Å². The molecular weight excluding hydrogens is 225 g/mol. The molecule has 3 N–H and O–H groups in total. The zero-order valence-corrected chi connectivity index (χ0v) is 8.03. The van der Waals surface area contributed by atoms with Gasteiger partial charge >= 0.3 is 12.1 Å². The molecule has 1 heterocycles. The van der Waals surface area contributed by atoms with Crippen LogP contribution < -0.4 is 5.73 Å². The highest BCUT2D eigenvalue weighted by Crippen LogP contribution is 2.28. The fraction of sp³-hybridized carbons (Fsp3) is 0.333. The predicted molar refractivity (Wildman–Crippen MR) is 48.6 cm³/mol. The van der Waals surface area contributed by atoms with Crippen LogP contribution >= 0.6 is 0 Å². The Balaban J connectivity index is 2.87. The van der Waals surface area contributed by atoms with Gasteiger partial charge in [-0.25, -0.2) is 0 Å². The number of carbonyl (C=O) groups is 1. The van der Waals surface area contributed by atoms with Gasteiger partial charge in [0.2, 0.25) is 0 Å². The molecule has 1 aromatic rings. The lowest BCUT2D eigenvalue weighted by Crippen LogP contribution is -2.32. The Morgan fingerprint density at radius 2 is 2.12 bits per heavy atom. The zero-order valence-electron chi connectivity index (χ0n) is 8.03. The minimum Gasteiger partial charge on any atom is -0.480 e. The van der Waals surface area contributed by atoms with Gasteiger partial charge in [0.25, 0.3) is 0 Å². The minimum absolute atomic E-state index is 0.143. The van der Waals surface area contributed by atoms with Gasteiger partial charge in [0, 0.05) is 12.4 Å². The Morgan fingerprint density at radius 3 is 2.62 bits per heavy atom. The maximum absolute atomic E-state index is 12.3. The number of rotatable bonds is 3. The summed E-state index contributed by atoms with van der Waals surface area (Å²) >= 11 is 0. The normalized spacial score (nSPS) is 13.5. The fourth-order valence-electron chi connectivity index (χ4n) is 1.10. The van der Waals surface area contributed by atoms with Crippen LogP contribution in [-0.2, 0) is 17.4 Å². The number of nitrogens with two attached hydrogens (primary N) is 1. The van der Waals surface area contributed by atoms with Gasteiger partial charge < -0.3 is 10.8 Å². The molecule has 0 saturated carbocycles. The van der Waals surface area contributed by atoms with E-state index in [2.05, 4.69) is 4.98 Å². The summed E-state index contributed by atoms with van der Waals surface area (Å²) in [6, 6.07) is -0.388. The van der Waals surface area contributed by atoms with Crippen molar-refractivity contribution >= 4 is 5.97 Å². The average molecular weight is 234 g/mol. The number of hydrogen-bond acceptors (Lipinski definition) is 3. The predicted octanol–water partition coefficient (Wildman–Crippen LogP) is 1.05. The third-order valence-electron chi connectivity index (χ3n) is 1.90. The average Bonchev–Trinajstić information content (AvgIpc) is 2.16. The molecule has 0 aromatic carbocycles. The second-order valence-corrected chi connectivity index (χ2v) is 3.23. The maximum atomic E-state index is 12.3. The lowest BCUT2D eigenvalue weighted by molar-refractivity contribution is -0.138. The SMILES string of the molecule is N[C@H](Cc1cncc(C(F)(F)F)c1)C(=O)O. The number of aliphatic carboxylic acids is 1. The summed E-state index contributed by atoms with van der Waals surface area (Å²) in [5, 5.41) is 8.50. The molecule has 0 aliphatic carbocycles. The standard InChI is InChI=1S/C9H9F3N2O2/c10-9(11,12)6-1-5(3-14-4-6)2-7(13)8(15)16/h1,3-4,7H,2,13H2,(H,15,16)/t7-/m1/s1. The van der Waals surface area contributed by atoms with Gasteiger partial charge in [0.15, 0.2) is 0 Å². The van der Waals surface area contributed by atoms with Gasteiger partial charge in [0.1, 0.15) is 6.04 Å². The first kappa shape index (κ1) is 12.4. The van der Waals surface area contributed by atoms with E-state index < -0.39 is 23.8 Å². The van der Waals surface area contributed by atoms with E-state index in [9.17, 15) is 18.0 Å². The van der Waals surface area contributed by atoms with E-state index in [4.69, 9.17) is 10.8 Å². The van der Waals surface area contributed by atoms with E-state index in [-0.39, 0.29) is 12.0 Å². The van der Waals surface area contributed by atoms with Crippen molar-refractivity contribution in [1.29, 1.82) is 0 Å². The first-order chi connectivity index (χ1) is 7.30. The van der Waals surface area contributed by atoms with E-state index in [1.165, 1.54) is 0 Å². The Morgan fingerprint density at radius 1 is 1.50 bits per heavy atom. The molecule has 0 bridgehead atoms. The molecule has 0 saturated heterocycles. The van der Waals surface area contributed by atoms with Gasteiger partial charge in [-0.1, -0.05) is 0 Å². The third-order valence-corrected chi connectivity index (χ3v) is 1.90. The third kappa shape index (κ3) is 3.20. The highest BCUT2D eigenvalue weighted by Gasteiger charge is 2.31. The largest absolute Gasteiger partial charge is 0.480 e. The summed E-state index contributed by atoms with van der Waals surface area (Å²) in [6.07, 6.45) is -2.84. The fourth-order valence-corrected chi connectivity index (χ4v) is 1.10. The second kappa shape index (κ2) is 4.48. The first-order valence-electron chi connectivity index (χ1n) is 4.30. The maximum Gasteiger partial charge on any atom is 0.417 e. The summed E-state index contributed by atoms with van der Waals surface area (Å²) in [4.78, 5) is 13.8. The van der Waals surface area contributed by atoms with Crippen molar-refractivity contribution in [2.45, 2.75) is 18.6 Å². The Bertz CT molecular complexity index is 393. The van der Waals surface area contributed by atoms with Gasteiger partial charge in [-0.2, -0.15) is 13.2 Å². The van der Waals surface area contributed by atoms with Crippen molar-refractivity contribution in [2.75, 3.05) is 0 Å². The molecule has 0 radical (unpaired) electrons. The molecule has 1 aromatic heterocycles. The molecule has 0 spiro atoms. The molecule has 0 fully saturated rings. The van der Waals surface area contributed by atoms with Crippen molar-refractivity contribution in [3.63, 3.8) is 0 Å². The molecule has 0 unspecified atom stereocenters. The van der Waals surface area contributed by atoms with Crippen molar-refractivity contribution in [3.8, 4) is 0 Å². The Labute approximate surface area is 88.9 Å². The van der Waals surface area contributed by atoms with Crippen LogP contribution in [0.1, 0.15) is 11.1 Å². The number of pyridine rings is 1. The van der Waals surface area contributed by atoms with E-state index in [1.807, 2.05) is 0 Å². The topological polar surface area (TPSA) is 76.2 Å². The summed E-state index contributed by atoms with van der Waals surface area (Å²) in [6.45, 7) is 0. The monoisotopic (exact) mass is 234 g/mol. The van der Waals surface area contributed by atoms with E-state index >= 15 is 0 Å². The van der Waals surface area contributed by atoms with Crippen LogP contribution in [0.2, 0.25) is 0 Å². The van der Waals surface area contributed by atoms with E-state index in [0.29, 0.717) is 6.20 Å². The number of carboxylic acid groups (broad SMARTS) is 1. The molecule has 0 aliphatic rings. The summed E-state index contributed by atoms with van der Waals surface area (Å²) in [7, 11) is 0. The molecule has 0 aliphatic heterocycles. The minimum atomic E-state index is -4.49. The van der Waals surface area contributed by atoms with E-state index in [0.717, 1.165) is 12.3 Å². The molecule has 0 amide bonds. The number of aromatic nitrogens is 1. The van der Waals surface area contributed by atoms with Gasteiger partial charge in [-0.3, -0.25) is 9.78 Å². The molecular formula is C9H9F3N2O2. The second-order valence-electron chi connectivity index (χ2n) is 3.23. The van der Waals surface area contributed by atoms with Crippen LogP contribution in [0.15, 0.2) is 18.5 Å². The molecule has 7 heteroatoms. The van der Waals surface area contributed by atoms with Crippen molar-refractivity contribution < 1.29 is 23.1 Å². The molecule has 1 atom stereocenters. The molecule has 88 valence electrons. The number of alkyl halides is 3. The highest BCUT2D eigenvalue weighted by molar-refractivity contribution is 5.73. The number of halogens is 3. The van der Waals surface area contributed by atoms with Gasteiger partial charge in [-0.15, -0.1) is 0 Å². The Hall–Kier alpha value is -1.63. The number of carboxylic acids is 1. The van der Waals surface area contributed by atoms with Crippen LogP contribution in [0.25, 0.3) is 0 Å². The van der Waals surface area contributed by atoms with Crippen molar-refractivity contribution in [2.24, 2.45) is 5.73 Å². The number of hydrogen-bond donors (Lipinski definition) is 2. The van der Waals surface area contributed by atoms with Crippen molar-refractivity contribution in [3.05, 3.63) is 29.6 Å². The zero-order chi connectivity index (χ0) is 12.3.